The zero-order valence-electron chi connectivity index (χ0n) is 11.1. The van der Waals surface area contributed by atoms with Crippen molar-refractivity contribution < 1.29 is 4.39 Å². The van der Waals surface area contributed by atoms with Gasteiger partial charge in [0.1, 0.15) is 5.82 Å². The average molecular weight is 367 g/mol. The molecule has 0 unspecified atom stereocenters. The van der Waals surface area contributed by atoms with Crippen LogP contribution in [0.1, 0.15) is 12.5 Å². The second-order valence-electron chi connectivity index (χ2n) is 4.44. The van der Waals surface area contributed by atoms with Crippen molar-refractivity contribution in [2.24, 2.45) is 0 Å². The van der Waals surface area contributed by atoms with E-state index in [1.165, 1.54) is 12.1 Å². The van der Waals surface area contributed by atoms with Gasteiger partial charge >= 0.3 is 0 Å². The van der Waals surface area contributed by atoms with Crippen LogP contribution in [0.3, 0.4) is 0 Å². The Balaban J connectivity index is 2.50. The Morgan fingerprint density at radius 3 is 2.33 bits per heavy atom. The van der Waals surface area contributed by atoms with Crippen LogP contribution in [0.4, 0.5) is 4.39 Å². The fraction of sp³-hybridized carbons (Fsp3) is 0.200. The van der Waals surface area contributed by atoms with Gasteiger partial charge < -0.3 is 5.32 Å². The molecule has 21 heavy (non-hydrogen) atoms. The molecule has 0 aliphatic rings. The number of rotatable bonds is 4. The smallest absolute Gasteiger partial charge is 0.131 e. The van der Waals surface area contributed by atoms with Crippen LogP contribution in [0.2, 0.25) is 20.1 Å². The highest BCUT2D eigenvalue weighted by Gasteiger charge is 2.18. The maximum Gasteiger partial charge on any atom is 0.131 e. The molecule has 112 valence electrons. The van der Waals surface area contributed by atoms with Crippen molar-refractivity contribution in [2.75, 3.05) is 6.54 Å². The van der Waals surface area contributed by atoms with Crippen LogP contribution in [0, 0.1) is 5.82 Å². The maximum absolute atomic E-state index is 14.3. The molecule has 0 aliphatic carbocycles. The minimum atomic E-state index is -0.410. The zero-order valence-corrected chi connectivity index (χ0v) is 14.1. The van der Waals surface area contributed by atoms with Crippen LogP contribution in [-0.2, 0) is 6.54 Å². The highest BCUT2D eigenvalue weighted by molar-refractivity contribution is 6.51. The van der Waals surface area contributed by atoms with Crippen LogP contribution < -0.4 is 5.32 Å². The maximum atomic E-state index is 14.3. The summed E-state index contributed by atoms with van der Waals surface area (Å²) in [6.07, 6.45) is 0. The monoisotopic (exact) mass is 365 g/mol. The number of hydrogen-bond acceptors (Lipinski definition) is 1. The van der Waals surface area contributed by atoms with Crippen molar-refractivity contribution >= 4 is 46.4 Å². The molecule has 1 nitrogen and oxygen atoms in total. The molecule has 0 fully saturated rings. The van der Waals surface area contributed by atoms with Crippen LogP contribution in [0.25, 0.3) is 11.1 Å². The van der Waals surface area contributed by atoms with Crippen molar-refractivity contribution in [3.05, 3.63) is 55.7 Å². The first-order chi connectivity index (χ1) is 9.95. The fourth-order valence-electron chi connectivity index (χ4n) is 1.95. The zero-order chi connectivity index (χ0) is 15.6. The Morgan fingerprint density at radius 2 is 1.71 bits per heavy atom. The van der Waals surface area contributed by atoms with Gasteiger partial charge in [-0.2, -0.15) is 0 Å². The Labute approximate surface area is 143 Å². The minimum Gasteiger partial charge on any atom is -0.313 e. The van der Waals surface area contributed by atoms with Gasteiger partial charge in [0.2, 0.25) is 0 Å². The first kappa shape index (κ1) is 16.9. The van der Waals surface area contributed by atoms with Gasteiger partial charge in [-0.3, -0.25) is 0 Å². The van der Waals surface area contributed by atoms with E-state index >= 15 is 0 Å². The number of nitrogens with one attached hydrogen (secondary N) is 1. The van der Waals surface area contributed by atoms with E-state index in [2.05, 4.69) is 5.32 Å². The van der Waals surface area contributed by atoms with Crippen LogP contribution in [-0.4, -0.2) is 6.54 Å². The second-order valence-corrected chi connectivity index (χ2v) is 6.01. The molecule has 0 aromatic heterocycles. The van der Waals surface area contributed by atoms with E-state index in [1.54, 1.807) is 6.07 Å². The summed E-state index contributed by atoms with van der Waals surface area (Å²) in [4.78, 5) is 0. The first-order valence-corrected chi connectivity index (χ1v) is 7.79. The molecule has 0 aliphatic heterocycles. The average Bonchev–Trinajstić information content (AvgIpc) is 2.44. The summed E-state index contributed by atoms with van der Waals surface area (Å²) >= 11 is 24.2. The predicted molar refractivity (Wildman–Crippen MR) is 89.3 cm³/mol. The molecule has 0 amide bonds. The molecule has 6 heteroatoms. The summed E-state index contributed by atoms with van der Waals surface area (Å²) < 4.78 is 14.3. The highest BCUT2D eigenvalue weighted by atomic mass is 35.5. The summed E-state index contributed by atoms with van der Waals surface area (Å²) in [5, 5.41) is 3.93. The molecule has 0 atom stereocenters. The third-order valence-electron chi connectivity index (χ3n) is 3.00. The third-order valence-corrected chi connectivity index (χ3v) is 4.56. The lowest BCUT2D eigenvalue weighted by molar-refractivity contribution is 0.625. The van der Waals surface area contributed by atoms with E-state index < -0.39 is 5.82 Å². The Bertz CT molecular complexity index is 673. The lowest BCUT2D eigenvalue weighted by Crippen LogP contribution is -2.11. The van der Waals surface area contributed by atoms with Gasteiger partial charge in [0.25, 0.3) is 0 Å². The Morgan fingerprint density at radius 1 is 1.00 bits per heavy atom. The lowest BCUT2D eigenvalue weighted by atomic mass is 10.0. The molecule has 1 N–H and O–H groups in total. The van der Waals surface area contributed by atoms with Crippen molar-refractivity contribution in [2.45, 2.75) is 13.5 Å². The summed E-state index contributed by atoms with van der Waals surface area (Å²) in [6.45, 7) is 3.39. The largest absolute Gasteiger partial charge is 0.313 e. The Kier molecular flexibility index (Phi) is 5.75. The van der Waals surface area contributed by atoms with Gasteiger partial charge in [0, 0.05) is 17.7 Å². The molecule has 0 heterocycles. The van der Waals surface area contributed by atoms with Crippen LogP contribution >= 0.6 is 46.4 Å². The summed E-state index contributed by atoms with van der Waals surface area (Å²) in [5.41, 5.74) is 1.48. The van der Waals surface area contributed by atoms with Crippen LogP contribution in [0.5, 0.6) is 0 Å². The fourth-order valence-corrected chi connectivity index (χ4v) is 3.07. The van der Waals surface area contributed by atoms with Gasteiger partial charge in [-0.1, -0.05) is 65.5 Å². The van der Waals surface area contributed by atoms with Gasteiger partial charge in [-0.25, -0.2) is 4.39 Å². The molecule has 0 saturated carbocycles. The van der Waals surface area contributed by atoms with E-state index in [0.29, 0.717) is 17.7 Å². The molecule has 0 bridgehead atoms. The highest BCUT2D eigenvalue weighted by Crippen LogP contribution is 2.43. The van der Waals surface area contributed by atoms with Crippen molar-refractivity contribution in [3.63, 3.8) is 0 Å². The summed E-state index contributed by atoms with van der Waals surface area (Å²) in [6, 6.07) is 6.36. The van der Waals surface area contributed by atoms with Crippen molar-refractivity contribution in [1.82, 2.24) is 5.32 Å². The van der Waals surface area contributed by atoms with Gasteiger partial charge in [-0.15, -0.1) is 0 Å². The topological polar surface area (TPSA) is 12.0 Å². The van der Waals surface area contributed by atoms with E-state index in [-0.39, 0.29) is 20.1 Å². The van der Waals surface area contributed by atoms with Gasteiger partial charge in [0.15, 0.2) is 0 Å². The number of hydrogen-bond donors (Lipinski definition) is 1. The number of halogens is 5. The van der Waals surface area contributed by atoms with E-state index in [1.807, 2.05) is 13.0 Å². The normalized spacial score (nSPS) is 11.0. The molecule has 2 rings (SSSR count). The first-order valence-electron chi connectivity index (χ1n) is 6.28. The molecular formula is C15H12Cl4FN. The SMILES string of the molecule is CCNCc1ccc(-c2c(Cl)cc(Cl)c(Cl)c2Cl)c(F)c1. The lowest BCUT2D eigenvalue weighted by Gasteiger charge is -2.12. The molecule has 2 aromatic rings. The second kappa shape index (κ2) is 7.17. The predicted octanol–water partition coefficient (Wildman–Crippen LogP) is 6.22. The molecule has 0 spiro atoms. The molecule has 0 saturated heterocycles. The molecule has 2 aromatic carbocycles. The molecular weight excluding hydrogens is 355 g/mol. The summed E-state index contributed by atoms with van der Waals surface area (Å²) in [5.74, 6) is -0.410. The van der Waals surface area contributed by atoms with E-state index in [4.69, 9.17) is 46.4 Å². The third kappa shape index (κ3) is 3.64. The summed E-state index contributed by atoms with van der Waals surface area (Å²) in [7, 11) is 0. The van der Waals surface area contributed by atoms with Crippen molar-refractivity contribution in [1.29, 1.82) is 0 Å². The molecule has 0 radical (unpaired) electrons. The quantitative estimate of drug-likeness (QED) is 0.500. The van der Waals surface area contributed by atoms with Crippen molar-refractivity contribution in [3.8, 4) is 11.1 Å². The standard InChI is InChI=1S/C15H12Cl4FN/c1-2-21-7-8-3-4-9(12(20)5-8)13-10(16)6-11(17)14(18)15(13)19/h3-6,21H,2,7H2,1H3. The van der Waals surface area contributed by atoms with E-state index in [9.17, 15) is 4.39 Å². The van der Waals surface area contributed by atoms with E-state index in [0.717, 1.165) is 12.1 Å². The Hall–Kier alpha value is -0.510. The number of benzene rings is 2. The minimum absolute atomic E-state index is 0.146. The van der Waals surface area contributed by atoms with Gasteiger partial charge in [0.05, 0.1) is 20.1 Å². The van der Waals surface area contributed by atoms with Crippen LogP contribution in [0.15, 0.2) is 24.3 Å². The van der Waals surface area contributed by atoms with Gasteiger partial charge in [-0.05, 0) is 24.2 Å².